The van der Waals surface area contributed by atoms with Crippen LogP contribution in [0.4, 0.5) is 15.8 Å². The second-order valence-electron chi connectivity index (χ2n) is 6.33. The average molecular weight is 324 g/mol. The van der Waals surface area contributed by atoms with E-state index in [1.165, 1.54) is 0 Å². The minimum absolute atomic E-state index is 0.0557. The van der Waals surface area contributed by atoms with E-state index in [1.54, 1.807) is 25.1 Å². The van der Waals surface area contributed by atoms with Crippen LogP contribution >= 0.6 is 0 Å². The van der Waals surface area contributed by atoms with Gasteiger partial charge in [-0.25, -0.2) is 4.39 Å². The molecule has 0 spiro atoms. The summed E-state index contributed by atoms with van der Waals surface area (Å²) < 4.78 is 15.2. The number of amides is 1. The Hall–Kier alpha value is -2.62. The summed E-state index contributed by atoms with van der Waals surface area (Å²) in [6.07, 6.45) is 0.358. The zero-order valence-corrected chi connectivity index (χ0v) is 14.1. The molecule has 1 heterocycles. The number of carbonyl (C=O) groups is 1. The summed E-state index contributed by atoms with van der Waals surface area (Å²) in [4.78, 5) is 11.9. The molecule has 0 aromatic heterocycles. The maximum atomic E-state index is 15.2. The quantitative estimate of drug-likeness (QED) is 0.764. The Morgan fingerprint density at radius 1 is 1.17 bits per heavy atom. The van der Waals surface area contributed by atoms with Crippen LogP contribution in [0.25, 0.3) is 11.4 Å². The van der Waals surface area contributed by atoms with Crippen LogP contribution in [0.1, 0.15) is 37.0 Å². The van der Waals surface area contributed by atoms with Gasteiger partial charge >= 0.3 is 0 Å². The van der Waals surface area contributed by atoms with Crippen molar-refractivity contribution < 1.29 is 9.18 Å². The van der Waals surface area contributed by atoms with Gasteiger partial charge in [0.2, 0.25) is 5.91 Å². The van der Waals surface area contributed by atoms with Gasteiger partial charge < -0.3 is 10.6 Å². The number of benzene rings is 2. The second-order valence-corrected chi connectivity index (χ2v) is 6.33. The number of nitrogens with one attached hydrogen (secondary N) is 2. The van der Waals surface area contributed by atoms with E-state index in [1.807, 2.05) is 38.1 Å². The SMILES string of the molecule is C/C(=C(/F)c1cccc2c1N[C@H](C)CC(=O)N2)c1ccc(C)cc1. The molecule has 24 heavy (non-hydrogen) atoms. The number of anilines is 2. The number of aryl methyl sites for hydroxylation is 1. The lowest BCUT2D eigenvalue weighted by atomic mass is 10.0. The Bertz CT molecular complexity index is 809. The predicted molar refractivity (Wildman–Crippen MR) is 97.5 cm³/mol. The standard InChI is InChI=1S/C20H21FN2O/c1-12-7-9-15(10-8-12)14(3)19(21)16-5-4-6-17-20(16)22-13(2)11-18(24)23-17/h4-10,13,22H,11H2,1-3H3,(H,23,24)/b19-14-/t13-/m1/s1. The highest BCUT2D eigenvalue weighted by atomic mass is 19.1. The van der Waals surface area contributed by atoms with Gasteiger partial charge in [0.05, 0.1) is 11.4 Å². The van der Waals surface area contributed by atoms with E-state index in [4.69, 9.17) is 0 Å². The van der Waals surface area contributed by atoms with Gasteiger partial charge in [0.15, 0.2) is 0 Å². The van der Waals surface area contributed by atoms with Gasteiger partial charge in [-0.3, -0.25) is 4.79 Å². The van der Waals surface area contributed by atoms with E-state index in [0.717, 1.165) is 11.1 Å². The predicted octanol–water partition coefficient (Wildman–Crippen LogP) is 5.00. The summed E-state index contributed by atoms with van der Waals surface area (Å²) in [5, 5.41) is 6.10. The maximum absolute atomic E-state index is 15.2. The zero-order chi connectivity index (χ0) is 17.3. The van der Waals surface area contributed by atoms with Crippen LogP contribution in [0, 0.1) is 6.92 Å². The van der Waals surface area contributed by atoms with Crippen molar-refractivity contribution in [1.29, 1.82) is 0 Å². The maximum Gasteiger partial charge on any atom is 0.226 e. The minimum Gasteiger partial charge on any atom is -0.380 e. The highest BCUT2D eigenvalue weighted by Gasteiger charge is 2.22. The normalized spacial score (nSPS) is 18.0. The molecule has 0 aliphatic carbocycles. The van der Waals surface area contributed by atoms with Crippen LogP contribution in [-0.4, -0.2) is 11.9 Å². The van der Waals surface area contributed by atoms with Gasteiger partial charge in [-0.05, 0) is 44.0 Å². The summed E-state index contributed by atoms with van der Waals surface area (Å²) in [6.45, 7) is 5.70. The average Bonchev–Trinajstić information content (AvgIpc) is 2.70. The third-order valence-corrected chi connectivity index (χ3v) is 4.27. The van der Waals surface area contributed by atoms with Gasteiger partial charge in [0.1, 0.15) is 5.83 Å². The molecule has 3 rings (SSSR count). The molecular weight excluding hydrogens is 303 g/mol. The van der Waals surface area contributed by atoms with Crippen LogP contribution < -0.4 is 10.6 Å². The molecule has 4 heteroatoms. The van der Waals surface area contributed by atoms with Crippen LogP contribution in [0.5, 0.6) is 0 Å². The Morgan fingerprint density at radius 3 is 2.58 bits per heavy atom. The van der Waals surface area contributed by atoms with E-state index in [0.29, 0.717) is 28.9 Å². The number of carbonyl (C=O) groups excluding carboxylic acids is 1. The molecule has 1 atom stereocenters. The molecule has 0 unspecified atom stereocenters. The van der Waals surface area contributed by atoms with Crippen molar-refractivity contribution in [2.45, 2.75) is 33.2 Å². The Kier molecular flexibility index (Phi) is 4.38. The number of para-hydroxylation sites is 1. The highest BCUT2D eigenvalue weighted by Crippen LogP contribution is 2.37. The third kappa shape index (κ3) is 3.18. The van der Waals surface area contributed by atoms with Crippen molar-refractivity contribution in [2.24, 2.45) is 0 Å². The monoisotopic (exact) mass is 324 g/mol. The fourth-order valence-electron chi connectivity index (χ4n) is 2.90. The van der Waals surface area contributed by atoms with Crippen molar-refractivity contribution in [3.63, 3.8) is 0 Å². The van der Waals surface area contributed by atoms with Crippen LogP contribution in [0.3, 0.4) is 0 Å². The first-order valence-corrected chi connectivity index (χ1v) is 8.09. The van der Waals surface area contributed by atoms with Gasteiger partial charge in [-0.2, -0.15) is 0 Å². The van der Waals surface area contributed by atoms with E-state index >= 15 is 4.39 Å². The van der Waals surface area contributed by atoms with Crippen LogP contribution in [0.2, 0.25) is 0 Å². The smallest absolute Gasteiger partial charge is 0.226 e. The molecule has 2 aromatic rings. The van der Waals surface area contributed by atoms with Crippen molar-refractivity contribution in [3.05, 3.63) is 59.2 Å². The van der Waals surface area contributed by atoms with Gasteiger partial charge in [-0.1, -0.05) is 35.9 Å². The van der Waals surface area contributed by atoms with Crippen molar-refractivity contribution in [3.8, 4) is 0 Å². The summed E-state index contributed by atoms with van der Waals surface area (Å²) in [5.41, 5.74) is 4.29. The first-order chi connectivity index (χ1) is 11.5. The molecule has 0 radical (unpaired) electrons. The van der Waals surface area contributed by atoms with Crippen molar-refractivity contribution in [2.75, 3.05) is 10.6 Å². The molecule has 2 aromatic carbocycles. The fourth-order valence-corrected chi connectivity index (χ4v) is 2.90. The number of allylic oxidation sites excluding steroid dienone is 1. The van der Waals surface area contributed by atoms with E-state index < -0.39 is 0 Å². The molecule has 1 amide bonds. The number of halogens is 1. The minimum atomic E-state index is -0.286. The number of hydrogen-bond acceptors (Lipinski definition) is 2. The van der Waals surface area contributed by atoms with E-state index in [9.17, 15) is 4.79 Å². The summed E-state index contributed by atoms with van der Waals surface area (Å²) in [7, 11) is 0. The van der Waals surface area contributed by atoms with E-state index in [-0.39, 0.29) is 17.8 Å². The summed E-state index contributed by atoms with van der Waals surface area (Å²) >= 11 is 0. The fraction of sp³-hybridized carbons (Fsp3) is 0.250. The molecule has 0 saturated carbocycles. The van der Waals surface area contributed by atoms with Crippen molar-refractivity contribution in [1.82, 2.24) is 0 Å². The molecule has 0 saturated heterocycles. The first kappa shape index (κ1) is 16.2. The Labute approximate surface area is 141 Å². The topological polar surface area (TPSA) is 41.1 Å². The zero-order valence-electron chi connectivity index (χ0n) is 14.1. The lowest BCUT2D eigenvalue weighted by Crippen LogP contribution is -2.19. The summed E-state index contributed by atoms with van der Waals surface area (Å²) in [5.74, 6) is -0.350. The molecule has 1 aliphatic rings. The van der Waals surface area contributed by atoms with Crippen LogP contribution in [-0.2, 0) is 4.79 Å². The lowest BCUT2D eigenvalue weighted by molar-refractivity contribution is -0.116. The first-order valence-electron chi connectivity index (χ1n) is 8.09. The van der Waals surface area contributed by atoms with Gasteiger partial charge in [-0.15, -0.1) is 0 Å². The molecule has 0 bridgehead atoms. The number of fused-ring (bicyclic) bond motifs is 1. The largest absolute Gasteiger partial charge is 0.380 e. The molecule has 0 fully saturated rings. The third-order valence-electron chi connectivity index (χ3n) is 4.27. The van der Waals surface area contributed by atoms with Crippen LogP contribution in [0.15, 0.2) is 42.5 Å². The van der Waals surface area contributed by atoms with Gasteiger partial charge in [0, 0.05) is 18.0 Å². The summed E-state index contributed by atoms with van der Waals surface area (Å²) in [6, 6.07) is 13.0. The Balaban J connectivity index is 2.09. The van der Waals surface area contributed by atoms with E-state index in [2.05, 4.69) is 10.6 Å². The van der Waals surface area contributed by atoms with Gasteiger partial charge in [0.25, 0.3) is 0 Å². The molecule has 1 aliphatic heterocycles. The second kappa shape index (κ2) is 6.48. The molecule has 124 valence electrons. The molecular formula is C20H21FN2O. The van der Waals surface area contributed by atoms with Crippen molar-refractivity contribution >= 4 is 28.7 Å². The Morgan fingerprint density at radius 2 is 1.88 bits per heavy atom. The number of hydrogen-bond donors (Lipinski definition) is 2. The molecule has 2 N–H and O–H groups in total. The number of rotatable bonds is 2. The lowest BCUT2D eigenvalue weighted by Gasteiger charge is -2.16. The molecule has 3 nitrogen and oxygen atoms in total. The highest BCUT2D eigenvalue weighted by molar-refractivity contribution is 6.00.